The maximum Gasteiger partial charge on any atom is 0.355 e. The molecule has 0 spiro atoms. The summed E-state index contributed by atoms with van der Waals surface area (Å²) in [6.07, 6.45) is 0. The smallest absolute Gasteiger partial charge is 0.355 e. The summed E-state index contributed by atoms with van der Waals surface area (Å²) in [7, 11) is 0. The zero-order valence-electron chi connectivity index (χ0n) is 15.3. The molecule has 7 nitrogen and oxygen atoms in total. The molecular weight excluding hydrogens is 336 g/mol. The SMILES string of the molecule is CCOC(=O)c1[nH]c(C(=O)Nc2cccc(C)c2)c(C(=O)OCC)c1C. The molecular formula is C19H22N2O5. The lowest BCUT2D eigenvalue weighted by Crippen LogP contribution is -2.18. The number of aryl methyl sites for hydroxylation is 1. The van der Waals surface area contributed by atoms with Crippen molar-refractivity contribution in [2.24, 2.45) is 0 Å². The number of ether oxygens (including phenoxy) is 2. The first kappa shape index (κ1) is 19.2. The van der Waals surface area contributed by atoms with E-state index >= 15 is 0 Å². The first-order chi connectivity index (χ1) is 12.4. The van der Waals surface area contributed by atoms with Gasteiger partial charge >= 0.3 is 11.9 Å². The van der Waals surface area contributed by atoms with Crippen molar-refractivity contribution in [3.63, 3.8) is 0 Å². The standard InChI is InChI=1S/C19H22N2O5/c1-5-25-18(23)14-12(4)15(19(24)26-6-2)21-16(14)17(22)20-13-9-7-8-11(3)10-13/h7-10,21H,5-6H2,1-4H3,(H,20,22). The highest BCUT2D eigenvalue weighted by Crippen LogP contribution is 2.22. The second-order valence-electron chi connectivity index (χ2n) is 5.64. The van der Waals surface area contributed by atoms with E-state index in [0.717, 1.165) is 5.56 Å². The van der Waals surface area contributed by atoms with Gasteiger partial charge in [-0.1, -0.05) is 12.1 Å². The number of H-pyrrole nitrogens is 1. The van der Waals surface area contributed by atoms with Crippen LogP contribution in [0, 0.1) is 13.8 Å². The fourth-order valence-corrected chi connectivity index (χ4v) is 2.55. The van der Waals surface area contributed by atoms with E-state index < -0.39 is 17.8 Å². The summed E-state index contributed by atoms with van der Waals surface area (Å²) >= 11 is 0. The summed E-state index contributed by atoms with van der Waals surface area (Å²) in [5.41, 5.74) is 1.92. The van der Waals surface area contributed by atoms with E-state index in [2.05, 4.69) is 10.3 Å². The molecule has 0 saturated carbocycles. The topological polar surface area (TPSA) is 97.5 Å². The van der Waals surface area contributed by atoms with E-state index in [4.69, 9.17) is 9.47 Å². The van der Waals surface area contributed by atoms with Crippen molar-refractivity contribution >= 4 is 23.5 Å². The Hall–Kier alpha value is -3.09. The van der Waals surface area contributed by atoms with Crippen molar-refractivity contribution in [3.05, 3.63) is 52.3 Å². The van der Waals surface area contributed by atoms with Crippen molar-refractivity contribution in [1.82, 2.24) is 4.98 Å². The molecule has 2 N–H and O–H groups in total. The Morgan fingerprint density at radius 3 is 2.27 bits per heavy atom. The number of carbonyl (C=O) groups is 3. The summed E-state index contributed by atoms with van der Waals surface area (Å²) in [4.78, 5) is 39.8. The van der Waals surface area contributed by atoms with Crippen molar-refractivity contribution in [3.8, 4) is 0 Å². The maximum absolute atomic E-state index is 12.7. The van der Waals surface area contributed by atoms with Crippen LogP contribution < -0.4 is 5.32 Å². The first-order valence-corrected chi connectivity index (χ1v) is 8.33. The van der Waals surface area contributed by atoms with E-state index in [-0.39, 0.29) is 30.2 Å². The van der Waals surface area contributed by atoms with Crippen LogP contribution in [0.1, 0.15) is 56.3 Å². The second kappa shape index (κ2) is 8.33. The number of carbonyl (C=O) groups excluding carboxylic acids is 3. The number of aromatic nitrogens is 1. The molecule has 1 amide bonds. The number of esters is 2. The van der Waals surface area contributed by atoms with Crippen LogP contribution in [0.5, 0.6) is 0 Å². The fourth-order valence-electron chi connectivity index (χ4n) is 2.55. The van der Waals surface area contributed by atoms with E-state index in [9.17, 15) is 14.4 Å². The van der Waals surface area contributed by atoms with Crippen LogP contribution in [-0.4, -0.2) is 36.0 Å². The third-order valence-electron chi connectivity index (χ3n) is 3.71. The Bertz CT molecular complexity index is 838. The molecule has 1 heterocycles. The van der Waals surface area contributed by atoms with Crippen molar-refractivity contribution < 1.29 is 23.9 Å². The second-order valence-corrected chi connectivity index (χ2v) is 5.64. The highest BCUT2D eigenvalue weighted by atomic mass is 16.5. The van der Waals surface area contributed by atoms with Gasteiger partial charge in [-0.05, 0) is 51.0 Å². The van der Waals surface area contributed by atoms with Crippen LogP contribution in [-0.2, 0) is 9.47 Å². The molecule has 0 aliphatic rings. The van der Waals surface area contributed by atoms with E-state index in [1.807, 2.05) is 13.0 Å². The van der Waals surface area contributed by atoms with Gasteiger partial charge in [-0.2, -0.15) is 0 Å². The molecule has 0 atom stereocenters. The Morgan fingerprint density at radius 2 is 1.65 bits per heavy atom. The molecule has 1 aromatic heterocycles. The molecule has 0 fully saturated rings. The van der Waals surface area contributed by atoms with Gasteiger partial charge in [-0.15, -0.1) is 0 Å². The Morgan fingerprint density at radius 1 is 1.00 bits per heavy atom. The predicted octanol–water partition coefficient (Wildman–Crippen LogP) is 3.24. The molecule has 26 heavy (non-hydrogen) atoms. The number of anilines is 1. The largest absolute Gasteiger partial charge is 0.462 e. The van der Waals surface area contributed by atoms with Crippen LogP contribution in [0.3, 0.4) is 0 Å². The Balaban J connectivity index is 2.44. The normalized spacial score (nSPS) is 10.3. The van der Waals surface area contributed by atoms with Crippen LogP contribution in [0.25, 0.3) is 0 Å². The van der Waals surface area contributed by atoms with E-state index in [1.165, 1.54) is 0 Å². The zero-order chi connectivity index (χ0) is 19.3. The predicted molar refractivity (Wildman–Crippen MR) is 96.6 cm³/mol. The number of rotatable bonds is 6. The van der Waals surface area contributed by atoms with Crippen LogP contribution in [0.4, 0.5) is 5.69 Å². The molecule has 0 bridgehead atoms. The lowest BCUT2D eigenvalue weighted by molar-refractivity contribution is 0.0517. The third-order valence-corrected chi connectivity index (χ3v) is 3.71. The third kappa shape index (κ3) is 4.11. The maximum atomic E-state index is 12.7. The molecule has 0 unspecified atom stereocenters. The van der Waals surface area contributed by atoms with E-state index in [0.29, 0.717) is 11.3 Å². The Kier molecular flexibility index (Phi) is 6.16. The molecule has 7 heteroatoms. The lowest BCUT2D eigenvalue weighted by atomic mass is 10.1. The summed E-state index contributed by atoms with van der Waals surface area (Å²) in [6.45, 7) is 7.14. The molecule has 0 aliphatic carbocycles. The van der Waals surface area contributed by atoms with Crippen LogP contribution in [0.15, 0.2) is 24.3 Å². The van der Waals surface area contributed by atoms with Crippen molar-refractivity contribution in [2.45, 2.75) is 27.7 Å². The summed E-state index contributed by atoms with van der Waals surface area (Å²) in [6, 6.07) is 7.24. The minimum absolute atomic E-state index is 0.0278. The molecule has 2 rings (SSSR count). The number of amides is 1. The highest BCUT2D eigenvalue weighted by molar-refractivity contribution is 6.12. The van der Waals surface area contributed by atoms with Crippen molar-refractivity contribution in [1.29, 1.82) is 0 Å². The minimum Gasteiger partial charge on any atom is -0.462 e. The number of nitrogens with one attached hydrogen (secondary N) is 2. The average Bonchev–Trinajstić information content (AvgIpc) is 2.93. The number of aromatic amines is 1. The monoisotopic (exact) mass is 358 g/mol. The summed E-state index contributed by atoms with van der Waals surface area (Å²) < 4.78 is 10.0. The minimum atomic E-state index is -0.675. The highest BCUT2D eigenvalue weighted by Gasteiger charge is 2.29. The van der Waals surface area contributed by atoms with Crippen LogP contribution >= 0.6 is 0 Å². The summed E-state index contributed by atoms with van der Waals surface area (Å²) in [5, 5.41) is 2.72. The molecule has 2 aromatic rings. The number of hydrogen-bond donors (Lipinski definition) is 2. The van der Waals surface area contributed by atoms with Gasteiger partial charge in [0.25, 0.3) is 5.91 Å². The molecule has 0 aliphatic heterocycles. The lowest BCUT2D eigenvalue weighted by Gasteiger charge is -2.07. The fraction of sp³-hybridized carbons (Fsp3) is 0.316. The number of benzene rings is 1. The quantitative estimate of drug-likeness (QED) is 0.773. The zero-order valence-corrected chi connectivity index (χ0v) is 15.3. The first-order valence-electron chi connectivity index (χ1n) is 8.33. The van der Waals surface area contributed by atoms with Gasteiger partial charge in [0.15, 0.2) is 0 Å². The van der Waals surface area contributed by atoms with Gasteiger partial charge in [0.05, 0.1) is 18.8 Å². The summed E-state index contributed by atoms with van der Waals surface area (Å²) in [5.74, 6) is -1.85. The molecule has 138 valence electrons. The van der Waals surface area contributed by atoms with Gasteiger partial charge in [0, 0.05) is 5.69 Å². The molecule has 1 aromatic carbocycles. The van der Waals surface area contributed by atoms with Gasteiger partial charge in [0.1, 0.15) is 11.4 Å². The van der Waals surface area contributed by atoms with Gasteiger partial charge < -0.3 is 19.8 Å². The molecule has 0 radical (unpaired) electrons. The van der Waals surface area contributed by atoms with Gasteiger partial charge in [-0.25, -0.2) is 9.59 Å². The van der Waals surface area contributed by atoms with E-state index in [1.54, 1.807) is 39.0 Å². The molecule has 0 saturated heterocycles. The number of hydrogen-bond acceptors (Lipinski definition) is 5. The van der Waals surface area contributed by atoms with Crippen molar-refractivity contribution in [2.75, 3.05) is 18.5 Å². The van der Waals surface area contributed by atoms with Gasteiger partial charge in [-0.3, -0.25) is 4.79 Å². The Labute approximate surface area is 151 Å². The van der Waals surface area contributed by atoms with Gasteiger partial charge in [0.2, 0.25) is 0 Å². The van der Waals surface area contributed by atoms with Crippen LogP contribution in [0.2, 0.25) is 0 Å². The average molecular weight is 358 g/mol.